The standard InChI is InChI=1S/C26H27N3O5/c27-12-6-5-11-23(25(32)29-14-17(15-29)13-24(30)31)28-26(33)34-16-22-20-9-3-1-7-18(20)19-8-2-4-10-21(19)22/h1-4,7-10,17,22-23H,5-6,11,13-16H2,(H,28,33)(H,30,31). The van der Waals surface area contributed by atoms with Gasteiger partial charge >= 0.3 is 12.1 Å². The number of carboxylic acids is 1. The second kappa shape index (κ2) is 10.4. The van der Waals surface area contributed by atoms with Gasteiger partial charge in [0.25, 0.3) is 0 Å². The average Bonchev–Trinajstić information content (AvgIpc) is 3.12. The maximum absolute atomic E-state index is 12.9. The van der Waals surface area contributed by atoms with Gasteiger partial charge in [-0.1, -0.05) is 48.5 Å². The number of amides is 2. The number of hydrogen-bond donors (Lipinski definition) is 2. The topological polar surface area (TPSA) is 120 Å². The largest absolute Gasteiger partial charge is 0.481 e. The molecule has 0 aromatic heterocycles. The number of nitriles is 1. The van der Waals surface area contributed by atoms with E-state index in [2.05, 4.69) is 17.4 Å². The van der Waals surface area contributed by atoms with Crippen LogP contribution in [-0.4, -0.2) is 53.7 Å². The first-order valence-corrected chi connectivity index (χ1v) is 11.5. The van der Waals surface area contributed by atoms with Gasteiger partial charge in [0.2, 0.25) is 5.91 Å². The molecular weight excluding hydrogens is 434 g/mol. The molecule has 1 heterocycles. The molecule has 4 rings (SSSR count). The van der Waals surface area contributed by atoms with Crippen LogP contribution in [0.25, 0.3) is 11.1 Å². The predicted octanol–water partition coefficient (Wildman–Crippen LogP) is 3.52. The zero-order valence-corrected chi connectivity index (χ0v) is 18.8. The van der Waals surface area contributed by atoms with Crippen LogP contribution in [0, 0.1) is 17.2 Å². The molecule has 2 aliphatic rings. The highest BCUT2D eigenvalue weighted by Crippen LogP contribution is 2.44. The van der Waals surface area contributed by atoms with Gasteiger partial charge in [-0.05, 0) is 35.1 Å². The molecular formula is C26H27N3O5. The van der Waals surface area contributed by atoms with E-state index in [-0.39, 0.29) is 37.2 Å². The van der Waals surface area contributed by atoms with E-state index in [0.29, 0.717) is 25.9 Å². The molecule has 2 aromatic carbocycles. The first kappa shape index (κ1) is 23.3. The summed E-state index contributed by atoms with van der Waals surface area (Å²) < 4.78 is 5.57. The van der Waals surface area contributed by atoms with Crippen molar-refractivity contribution in [3.8, 4) is 17.2 Å². The third-order valence-corrected chi connectivity index (χ3v) is 6.45. The fraction of sp³-hybridized carbons (Fsp3) is 0.385. The lowest BCUT2D eigenvalue weighted by molar-refractivity contribution is -0.146. The van der Waals surface area contributed by atoms with Gasteiger partial charge in [0.05, 0.1) is 12.5 Å². The summed E-state index contributed by atoms with van der Waals surface area (Å²) in [5, 5.41) is 20.4. The van der Waals surface area contributed by atoms with Crippen molar-refractivity contribution in [2.75, 3.05) is 19.7 Å². The molecule has 2 amide bonds. The molecule has 1 fully saturated rings. The van der Waals surface area contributed by atoms with E-state index in [1.165, 1.54) is 0 Å². The van der Waals surface area contributed by atoms with Gasteiger partial charge in [0.1, 0.15) is 12.6 Å². The molecule has 8 heteroatoms. The normalized spacial score (nSPS) is 15.4. The Morgan fingerprint density at radius 2 is 1.71 bits per heavy atom. The van der Waals surface area contributed by atoms with Crippen LogP contribution in [0.5, 0.6) is 0 Å². The molecule has 8 nitrogen and oxygen atoms in total. The van der Waals surface area contributed by atoms with Crippen molar-refractivity contribution in [1.82, 2.24) is 10.2 Å². The summed E-state index contributed by atoms with van der Waals surface area (Å²) in [5.74, 6) is -1.32. The Hall–Kier alpha value is -3.86. The fourth-order valence-corrected chi connectivity index (χ4v) is 4.77. The number of unbranched alkanes of at least 4 members (excludes halogenated alkanes) is 1. The minimum absolute atomic E-state index is 0.0166. The number of aliphatic carboxylic acids is 1. The number of nitrogens with one attached hydrogen (secondary N) is 1. The zero-order valence-electron chi connectivity index (χ0n) is 18.8. The summed E-state index contributed by atoms with van der Waals surface area (Å²) in [4.78, 5) is 38.0. The molecule has 1 aliphatic carbocycles. The summed E-state index contributed by atoms with van der Waals surface area (Å²) in [6.07, 6.45) is 0.389. The van der Waals surface area contributed by atoms with E-state index in [0.717, 1.165) is 22.3 Å². The Kier molecular flexibility index (Phi) is 7.12. The van der Waals surface area contributed by atoms with Gasteiger partial charge in [-0.15, -0.1) is 0 Å². The number of likely N-dealkylation sites (tertiary alicyclic amines) is 1. The fourth-order valence-electron chi connectivity index (χ4n) is 4.77. The molecule has 1 atom stereocenters. The highest BCUT2D eigenvalue weighted by Gasteiger charge is 2.36. The van der Waals surface area contributed by atoms with Crippen LogP contribution in [0.1, 0.15) is 42.7 Å². The van der Waals surface area contributed by atoms with Crippen LogP contribution in [0.4, 0.5) is 4.79 Å². The van der Waals surface area contributed by atoms with Gasteiger partial charge in [0.15, 0.2) is 0 Å². The SMILES string of the molecule is N#CCCCC(NC(=O)OCC1c2ccccc2-c2ccccc21)C(=O)N1CC(CC(=O)O)C1. The number of carbonyl (C=O) groups excluding carboxylic acids is 2. The number of carboxylic acid groups (broad SMARTS) is 1. The number of carbonyl (C=O) groups is 3. The molecule has 2 aromatic rings. The quantitative estimate of drug-likeness (QED) is 0.552. The Labute approximate surface area is 198 Å². The number of fused-ring (bicyclic) bond motifs is 3. The Balaban J connectivity index is 1.37. The van der Waals surface area contributed by atoms with Gasteiger partial charge in [-0.2, -0.15) is 5.26 Å². The van der Waals surface area contributed by atoms with Crippen molar-refractivity contribution in [3.63, 3.8) is 0 Å². The van der Waals surface area contributed by atoms with Crippen LogP contribution in [0.2, 0.25) is 0 Å². The zero-order chi connectivity index (χ0) is 24.1. The summed E-state index contributed by atoms with van der Waals surface area (Å²) >= 11 is 0. The van der Waals surface area contributed by atoms with E-state index >= 15 is 0 Å². The summed E-state index contributed by atoms with van der Waals surface area (Å²) in [7, 11) is 0. The van der Waals surface area contributed by atoms with Gasteiger partial charge in [0, 0.05) is 31.3 Å². The third-order valence-electron chi connectivity index (χ3n) is 6.45. The Morgan fingerprint density at radius 1 is 1.09 bits per heavy atom. The molecule has 0 saturated carbocycles. The number of benzene rings is 2. The number of nitrogens with zero attached hydrogens (tertiary/aromatic N) is 2. The molecule has 1 aliphatic heterocycles. The van der Waals surface area contributed by atoms with E-state index < -0.39 is 18.1 Å². The predicted molar refractivity (Wildman–Crippen MR) is 124 cm³/mol. The van der Waals surface area contributed by atoms with E-state index in [4.69, 9.17) is 15.1 Å². The lowest BCUT2D eigenvalue weighted by atomic mass is 9.95. The van der Waals surface area contributed by atoms with Crippen LogP contribution in [0.3, 0.4) is 0 Å². The van der Waals surface area contributed by atoms with Gasteiger partial charge in [-0.25, -0.2) is 4.79 Å². The Bertz CT molecular complexity index is 1070. The summed E-state index contributed by atoms with van der Waals surface area (Å²) in [6, 6.07) is 17.3. The van der Waals surface area contributed by atoms with Crippen LogP contribution >= 0.6 is 0 Å². The van der Waals surface area contributed by atoms with Crippen LogP contribution in [-0.2, 0) is 14.3 Å². The molecule has 34 heavy (non-hydrogen) atoms. The lowest BCUT2D eigenvalue weighted by Crippen LogP contribution is -2.57. The third kappa shape index (κ3) is 5.04. The second-order valence-electron chi connectivity index (χ2n) is 8.78. The molecule has 2 N–H and O–H groups in total. The van der Waals surface area contributed by atoms with Crippen molar-refractivity contribution in [2.45, 2.75) is 37.6 Å². The smallest absolute Gasteiger partial charge is 0.407 e. The second-order valence-corrected chi connectivity index (χ2v) is 8.78. The van der Waals surface area contributed by atoms with E-state index in [1.807, 2.05) is 42.5 Å². The maximum atomic E-state index is 12.9. The number of alkyl carbamates (subject to hydrolysis) is 1. The van der Waals surface area contributed by atoms with Gasteiger partial charge in [-0.3, -0.25) is 9.59 Å². The molecule has 1 unspecified atom stereocenters. The maximum Gasteiger partial charge on any atom is 0.407 e. The highest BCUT2D eigenvalue weighted by atomic mass is 16.5. The number of hydrogen-bond acceptors (Lipinski definition) is 5. The highest BCUT2D eigenvalue weighted by molar-refractivity contribution is 5.86. The first-order chi connectivity index (χ1) is 16.5. The van der Waals surface area contributed by atoms with E-state index in [9.17, 15) is 14.4 Å². The van der Waals surface area contributed by atoms with Crippen molar-refractivity contribution in [3.05, 3.63) is 59.7 Å². The van der Waals surface area contributed by atoms with Crippen LogP contribution in [0.15, 0.2) is 48.5 Å². The summed E-state index contributed by atoms with van der Waals surface area (Å²) in [5.41, 5.74) is 4.46. The van der Waals surface area contributed by atoms with Crippen molar-refractivity contribution in [2.24, 2.45) is 5.92 Å². The molecule has 1 saturated heterocycles. The van der Waals surface area contributed by atoms with Crippen molar-refractivity contribution >= 4 is 18.0 Å². The molecule has 176 valence electrons. The van der Waals surface area contributed by atoms with Crippen molar-refractivity contribution < 1.29 is 24.2 Å². The lowest BCUT2D eigenvalue weighted by Gasteiger charge is -2.40. The van der Waals surface area contributed by atoms with Crippen molar-refractivity contribution in [1.29, 1.82) is 5.26 Å². The molecule has 0 bridgehead atoms. The van der Waals surface area contributed by atoms with E-state index in [1.54, 1.807) is 4.90 Å². The molecule has 0 spiro atoms. The first-order valence-electron chi connectivity index (χ1n) is 11.5. The molecule has 0 radical (unpaired) electrons. The minimum Gasteiger partial charge on any atom is -0.481 e. The Morgan fingerprint density at radius 3 is 2.29 bits per heavy atom. The monoisotopic (exact) mass is 461 g/mol. The number of rotatable bonds is 9. The number of ether oxygens (including phenoxy) is 1. The average molecular weight is 462 g/mol. The minimum atomic E-state index is -0.889. The van der Waals surface area contributed by atoms with Gasteiger partial charge < -0.3 is 20.1 Å². The summed E-state index contributed by atoms with van der Waals surface area (Å²) in [6.45, 7) is 0.849. The van der Waals surface area contributed by atoms with Crippen LogP contribution < -0.4 is 5.32 Å².